The smallest absolute Gasteiger partial charge is 0.264 e. The largest absolute Gasteiger partial charge is 0.457 e. The second-order valence-electron chi connectivity index (χ2n) is 1.09. The van der Waals surface area contributed by atoms with Gasteiger partial charge in [0.05, 0.1) is 0 Å². The monoisotopic (exact) mass is 192 g/mol. The van der Waals surface area contributed by atoms with Crippen LogP contribution >= 0.6 is 0 Å². The number of alkyl halides is 3. The fourth-order valence-corrected chi connectivity index (χ4v) is 0. The molecular formula is C3H3F3O4S. The molecule has 0 aromatic rings. The molecule has 4 nitrogen and oxygen atoms in total. The van der Waals surface area contributed by atoms with Crippen LogP contribution in [0.2, 0.25) is 0 Å². The van der Waals surface area contributed by atoms with Crippen molar-refractivity contribution >= 4 is 10.4 Å². The van der Waals surface area contributed by atoms with E-state index < -0.39 is 16.6 Å². The summed E-state index contributed by atoms with van der Waals surface area (Å²) in [6, 6.07) is 0. The molecule has 0 saturated heterocycles. The van der Waals surface area contributed by atoms with Crippen LogP contribution in [-0.2, 0) is 10.4 Å². The van der Waals surface area contributed by atoms with Crippen molar-refractivity contribution in [1.29, 1.82) is 0 Å². The topological polar surface area (TPSA) is 74.6 Å². The molecule has 0 spiro atoms. The van der Waals surface area contributed by atoms with Gasteiger partial charge in [0.15, 0.2) is 0 Å². The summed E-state index contributed by atoms with van der Waals surface area (Å²) in [5, 5.41) is 0. The highest BCUT2D eigenvalue weighted by Gasteiger charge is 2.21. The molecule has 66 valence electrons. The van der Waals surface area contributed by atoms with Crippen LogP contribution in [-0.4, -0.2) is 23.7 Å². The highest BCUT2D eigenvalue weighted by Crippen LogP contribution is 2.10. The molecule has 0 aromatic heterocycles. The second-order valence-corrected chi connectivity index (χ2v) is 1.99. The molecule has 0 aliphatic heterocycles. The Morgan fingerprint density at radius 3 is 1.36 bits per heavy atom. The maximum absolute atomic E-state index is 10.5. The Morgan fingerprint density at radius 2 is 1.36 bits per heavy atom. The van der Waals surface area contributed by atoms with Crippen molar-refractivity contribution in [2.45, 2.75) is 6.18 Å². The van der Waals surface area contributed by atoms with E-state index in [9.17, 15) is 13.2 Å². The number of halogens is 3. The molecule has 8 heteroatoms. The maximum Gasteiger partial charge on any atom is 0.457 e. The summed E-state index contributed by atoms with van der Waals surface area (Å²) in [4.78, 5) is 0. The quantitative estimate of drug-likeness (QED) is 0.433. The zero-order chi connectivity index (χ0) is 9.71. The lowest BCUT2D eigenvalue weighted by Gasteiger charge is -1.88. The van der Waals surface area contributed by atoms with Crippen LogP contribution in [0.15, 0.2) is 0 Å². The standard InChI is InChI=1S/C3HF3.H2O4S/c1-2-3(4,5)6;1-5(2,3)4/h1H;(H2,1,2,3,4). The van der Waals surface area contributed by atoms with Gasteiger partial charge in [0.2, 0.25) is 0 Å². The van der Waals surface area contributed by atoms with E-state index in [0.29, 0.717) is 5.92 Å². The molecule has 0 heterocycles. The first kappa shape index (κ1) is 12.9. The predicted molar refractivity (Wildman–Crippen MR) is 29.1 cm³/mol. The highest BCUT2D eigenvalue weighted by molar-refractivity contribution is 7.79. The second kappa shape index (κ2) is 4.17. The SMILES string of the molecule is C#CC(F)(F)F.O=S(=O)(O)O. The van der Waals surface area contributed by atoms with Crippen molar-refractivity contribution in [2.24, 2.45) is 0 Å². The first-order valence-corrected chi connectivity index (χ1v) is 3.20. The lowest BCUT2D eigenvalue weighted by molar-refractivity contribution is -0.0695. The van der Waals surface area contributed by atoms with Crippen molar-refractivity contribution in [1.82, 2.24) is 0 Å². The number of hydrogen-bond donors (Lipinski definition) is 2. The zero-order valence-corrected chi connectivity index (χ0v) is 5.65. The first-order valence-electron chi connectivity index (χ1n) is 1.80. The molecule has 0 unspecified atom stereocenters. The van der Waals surface area contributed by atoms with Gasteiger partial charge < -0.3 is 0 Å². The third kappa shape index (κ3) is 97.5. The fourth-order valence-electron chi connectivity index (χ4n) is 0. The Bertz CT molecular complexity index is 224. The Morgan fingerprint density at radius 1 is 1.27 bits per heavy atom. The maximum atomic E-state index is 10.5. The minimum atomic E-state index is -4.67. The van der Waals surface area contributed by atoms with E-state index in [2.05, 4.69) is 6.42 Å². The lowest BCUT2D eigenvalue weighted by atomic mass is 10.7. The van der Waals surface area contributed by atoms with E-state index in [1.165, 1.54) is 0 Å². The average Bonchev–Trinajstić information content (AvgIpc) is 1.59. The minimum absolute atomic E-state index is 0.604. The van der Waals surface area contributed by atoms with Gasteiger partial charge in [-0.3, -0.25) is 9.11 Å². The fraction of sp³-hybridized carbons (Fsp3) is 0.333. The van der Waals surface area contributed by atoms with Crippen molar-refractivity contribution in [2.75, 3.05) is 0 Å². The van der Waals surface area contributed by atoms with Crippen LogP contribution in [0, 0.1) is 12.3 Å². The molecule has 0 aromatic carbocycles. The molecular weight excluding hydrogens is 189 g/mol. The molecule has 0 atom stereocenters. The number of terminal acetylenes is 1. The van der Waals surface area contributed by atoms with Gasteiger partial charge in [0.25, 0.3) is 0 Å². The Labute approximate surface area is 60.6 Å². The lowest BCUT2D eigenvalue weighted by Crippen LogP contribution is -1.99. The van der Waals surface area contributed by atoms with E-state index in [-0.39, 0.29) is 0 Å². The summed E-state index contributed by atoms with van der Waals surface area (Å²) in [6.45, 7) is 0. The Balaban J connectivity index is 0. The van der Waals surface area contributed by atoms with Gasteiger partial charge in [-0.05, 0) is 0 Å². The van der Waals surface area contributed by atoms with E-state index in [1.54, 1.807) is 0 Å². The van der Waals surface area contributed by atoms with Gasteiger partial charge in [-0.1, -0.05) is 0 Å². The summed E-state index contributed by atoms with van der Waals surface area (Å²) in [7, 11) is -4.67. The van der Waals surface area contributed by atoms with Crippen molar-refractivity contribution in [3.8, 4) is 12.3 Å². The first-order chi connectivity index (χ1) is 4.56. The summed E-state index contributed by atoms with van der Waals surface area (Å²) < 4.78 is 63.2. The number of rotatable bonds is 0. The van der Waals surface area contributed by atoms with Gasteiger partial charge in [-0.15, -0.1) is 6.42 Å². The summed E-state index contributed by atoms with van der Waals surface area (Å²) in [5.74, 6) is 0.604. The molecule has 0 radical (unpaired) electrons. The molecule has 0 rings (SSSR count). The van der Waals surface area contributed by atoms with Crippen molar-refractivity contribution < 1.29 is 30.7 Å². The van der Waals surface area contributed by atoms with Gasteiger partial charge in [0.1, 0.15) is 0 Å². The molecule has 0 fully saturated rings. The summed E-state index contributed by atoms with van der Waals surface area (Å²) in [5.41, 5.74) is 0. The molecule has 0 amide bonds. The van der Waals surface area contributed by atoms with Gasteiger partial charge in [-0.2, -0.15) is 21.6 Å². The van der Waals surface area contributed by atoms with Gasteiger partial charge >= 0.3 is 16.6 Å². The van der Waals surface area contributed by atoms with Gasteiger partial charge in [0, 0.05) is 5.92 Å². The minimum Gasteiger partial charge on any atom is -0.264 e. The summed E-state index contributed by atoms with van der Waals surface area (Å²) in [6.07, 6.45) is -0.500. The number of hydrogen-bond acceptors (Lipinski definition) is 2. The van der Waals surface area contributed by atoms with Crippen molar-refractivity contribution in [3.05, 3.63) is 0 Å². The highest BCUT2D eigenvalue weighted by atomic mass is 32.3. The molecule has 0 aliphatic rings. The van der Waals surface area contributed by atoms with Crippen LogP contribution in [0.5, 0.6) is 0 Å². The molecule has 0 saturated carbocycles. The molecule has 0 bridgehead atoms. The van der Waals surface area contributed by atoms with E-state index in [1.807, 2.05) is 0 Å². The van der Waals surface area contributed by atoms with E-state index >= 15 is 0 Å². The normalized spacial score (nSPS) is 10.9. The van der Waals surface area contributed by atoms with Crippen LogP contribution in [0.1, 0.15) is 0 Å². The summed E-state index contributed by atoms with van der Waals surface area (Å²) >= 11 is 0. The Kier molecular flexibility index (Phi) is 4.88. The molecule has 0 aliphatic carbocycles. The predicted octanol–water partition coefficient (Wildman–Crippen LogP) is 0.529. The third-order valence-corrected chi connectivity index (χ3v) is 0.164. The van der Waals surface area contributed by atoms with Crippen LogP contribution < -0.4 is 0 Å². The van der Waals surface area contributed by atoms with Crippen molar-refractivity contribution in [3.63, 3.8) is 0 Å². The van der Waals surface area contributed by atoms with Gasteiger partial charge in [-0.25, -0.2) is 0 Å². The average molecular weight is 192 g/mol. The molecule has 11 heavy (non-hydrogen) atoms. The Hall–Kier alpha value is -0.780. The van der Waals surface area contributed by atoms with Crippen LogP contribution in [0.25, 0.3) is 0 Å². The zero-order valence-electron chi connectivity index (χ0n) is 4.83. The van der Waals surface area contributed by atoms with E-state index in [0.717, 1.165) is 0 Å². The van der Waals surface area contributed by atoms with Crippen LogP contribution in [0.3, 0.4) is 0 Å². The molecule has 2 N–H and O–H groups in total. The van der Waals surface area contributed by atoms with E-state index in [4.69, 9.17) is 17.5 Å². The van der Waals surface area contributed by atoms with Crippen LogP contribution in [0.4, 0.5) is 13.2 Å². The third-order valence-electron chi connectivity index (χ3n) is 0.164.